The van der Waals surface area contributed by atoms with E-state index in [1.807, 2.05) is 0 Å². The number of rotatable bonds is 37. The number of hydrogen-bond acceptors (Lipinski definition) is 6. The Balaban J connectivity index is 4.18. The highest BCUT2D eigenvalue weighted by Gasteiger charge is 2.19. The summed E-state index contributed by atoms with van der Waals surface area (Å²) in [5, 5.41) is 0. The molecular formula is C43H82O6. The largest absolute Gasteiger partial charge is 0.462 e. The number of unbranched alkanes of at least 4 members (excludes halogenated alkanes) is 22. The summed E-state index contributed by atoms with van der Waals surface area (Å²) in [5.74, 6) is 0.740. The van der Waals surface area contributed by atoms with Crippen LogP contribution in [0, 0.1) is 11.8 Å². The highest BCUT2D eigenvalue weighted by Crippen LogP contribution is 2.16. The Morgan fingerprint density at radius 1 is 0.388 bits per heavy atom. The average Bonchev–Trinajstić information content (AvgIpc) is 3.06. The van der Waals surface area contributed by atoms with Crippen molar-refractivity contribution < 1.29 is 28.6 Å². The van der Waals surface area contributed by atoms with Gasteiger partial charge in [0.1, 0.15) is 13.2 Å². The number of esters is 3. The molecule has 0 unspecified atom stereocenters. The van der Waals surface area contributed by atoms with Crippen LogP contribution < -0.4 is 0 Å². The maximum Gasteiger partial charge on any atom is 0.306 e. The minimum absolute atomic E-state index is 0.0668. The Bertz CT molecular complexity index is 749. The van der Waals surface area contributed by atoms with Crippen LogP contribution >= 0.6 is 0 Å². The lowest BCUT2D eigenvalue weighted by molar-refractivity contribution is -0.167. The molecule has 1 atom stereocenters. The SMILES string of the molecule is CCCCCCCC(=O)OC[C@H](COC(=O)CCCCCCCCCCCCCCCC(C)C)OC(=O)CCCCCCCCCC(C)C. The second-order valence-corrected chi connectivity index (χ2v) is 15.6. The van der Waals surface area contributed by atoms with Crippen molar-refractivity contribution in [3.05, 3.63) is 0 Å². The molecule has 0 amide bonds. The quantitative estimate of drug-likeness (QED) is 0.0366. The molecule has 6 nitrogen and oxygen atoms in total. The molecule has 0 bridgehead atoms. The Kier molecular flexibility index (Phi) is 35.0. The van der Waals surface area contributed by atoms with Gasteiger partial charge in [-0.3, -0.25) is 14.4 Å². The maximum atomic E-state index is 12.6. The van der Waals surface area contributed by atoms with E-state index >= 15 is 0 Å². The lowest BCUT2D eigenvalue weighted by atomic mass is 10.0. The molecule has 0 saturated heterocycles. The van der Waals surface area contributed by atoms with Crippen LogP contribution in [0.1, 0.15) is 227 Å². The average molecular weight is 695 g/mol. The van der Waals surface area contributed by atoms with Crippen LogP contribution in [0.4, 0.5) is 0 Å². The minimum Gasteiger partial charge on any atom is -0.462 e. The Hall–Kier alpha value is -1.59. The van der Waals surface area contributed by atoms with Gasteiger partial charge in [-0.25, -0.2) is 0 Å². The van der Waals surface area contributed by atoms with Crippen molar-refractivity contribution in [2.45, 2.75) is 233 Å². The zero-order valence-electron chi connectivity index (χ0n) is 33.3. The zero-order chi connectivity index (χ0) is 36.2. The molecule has 0 rings (SSSR count). The van der Waals surface area contributed by atoms with Gasteiger partial charge in [0.05, 0.1) is 0 Å². The highest BCUT2D eigenvalue weighted by molar-refractivity contribution is 5.71. The van der Waals surface area contributed by atoms with E-state index in [0.717, 1.165) is 76.0 Å². The summed E-state index contributed by atoms with van der Waals surface area (Å²) in [7, 11) is 0. The number of ether oxygens (including phenoxy) is 3. The molecular weight excluding hydrogens is 612 g/mol. The summed E-state index contributed by atoms with van der Waals surface area (Å²) < 4.78 is 16.6. The van der Waals surface area contributed by atoms with E-state index in [-0.39, 0.29) is 31.1 Å². The lowest BCUT2D eigenvalue weighted by Gasteiger charge is -2.18. The van der Waals surface area contributed by atoms with Crippen molar-refractivity contribution in [3.8, 4) is 0 Å². The van der Waals surface area contributed by atoms with Crippen LogP contribution in [0.2, 0.25) is 0 Å². The van der Waals surface area contributed by atoms with Crippen molar-refractivity contribution in [1.29, 1.82) is 0 Å². The second kappa shape index (κ2) is 36.2. The molecule has 0 aromatic heterocycles. The van der Waals surface area contributed by atoms with Gasteiger partial charge in [-0.2, -0.15) is 0 Å². The van der Waals surface area contributed by atoms with E-state index < -0.39 is 6.10 Å². The van der Waals surface area contributed by atoms with E-state index in [1.54, 1.807) is 0 Å². The highest BCUT2D eigenvalue weighted by atomic mass is 16.6. The predicted octanol–water partition coefficient (Wildman–Crippen LogP) is 13.0. The Morgan fingerprint density at radius 2 is 0.673 bits per heavy atom. The molecule has 0 radical (unpaired) electrons. The molecule has 0 aliphatic rings. The van der Waals surface area contributed by atoms with Crippen molar-refractivity contribution in [2.75, 3.05) is 13.2 Å². The second-order valence-electron chi connectivity index (χ2n) is 15.6. The molecule has 0 aliphatic heterocycles. The summed E-state index contributed by atoms with van der Waals surface area (Å²) in [4.78, 5) is 37.3. The monoisotopic (exact) mass is 695 g/mol. The molecule has 0 saturated carbocycles. The van der Waals surface area contributed by atoms with E-state index in [9.17, 15) is 14.4 Å². The fourth-order valence-electron chi connectivity index (χ4n) is 6.22. The minimum atomic E-state index is -0.758. The van der Waals surface area contributed by atoms with Crippen LogP contribution in [0.25, 0.3) is 0 Å². The van der Waals surface area contributed by atoms with E-state index in [1.165, 1.54) is 109 Å². The maximum absolute atomic E-state index is 12.6. The third-order valence-corrected chi connectivity index (χ3v) is 9.47. The molecule has 0 N–H and O–H groups in total. The van der Waals surface area contributed by atoms with Gasteiger partial charge in [-0.15, -0.1) is 0 Å². The van der Waals surface area contributed by atoms with E-state index in [2.05, 4.69) is 34.6 Å². The molecule has 0 aromatic rings. The first-order valence-corrected chi connectivity index (χ1v) is 21.2. The summed E-state index contributed by atoms with van der Waals surface area (Å²) in [6.07, 6.45) is 32.7. The summed E-state index contributed by atoms with van der Waals surface area (Å²) >= 11 is 0. The lowest BCUT2D eigenvalue weighted by Crippen LogP contribution is -2.30. The van der Waals surface area contributed by atoms with Gasteiger partial charge in [-0.1, -0.05) is 189 Å². The number of carbonyl (C=O) groups is 3. The summed E-state index contributed by atoms with van der Waals surface area (Å²) in [6.45, 7) is 11.2. The number of hydrogen-bond donors (Lipinski definition) is 0. The molecule has 0 aliphatic carbocycles. The van der Waals surface area contributed by atoms with Crippen molar-refractivity contribution in [3.63, 3.8) is 0 Å². The van der Waals surface area contributed by atoms with Crippen LogP contribution in [-0.4, -0.2) is 37.2 Å². The third-order valence-electron chi connectivity index (χ3n) is 9.47. The summed E-state index contributed by atoms with van der Waals surface area (Å²) in [6, 6.07) is 0. The molecule has 49 heavy (non-hydrogen) atoms. The normalized spacial score (nSPS) is 12.1. The molecule has 0 heterocycles. The molecule has 0 aromatic carbocycles. The standard InChI is InChI=1S/C43H82O6/c1-6-7-8-21-28-33-41(44)47-36-40(49-43(46)35-30-25-20-16-18-23-27-32-39(4)5)37-48-42(45)34-29-24-19-15-13-11-9-10-12-14-17-22-26-31-38(2)3/h38-40H,6-37H2,1-5H3/t40-/m1/s1. The first-order chi connectivity index (χ1) is 23.7. The molecule has 0 fully saturated rings. The molecule has 0 spiro atoms. The molecule has 6 heteroatoms. The third kappa shape index (κ3) is 37.5. The van der Waals surface area contributed by atoms with Gasteiger partial charge in [0.2, 0.25) is 0 Å². The molecule has 290 valence electrons. The van der Waals surface area contributed by atoms with Gasteiger partial charge < -0.3 is 14.2 Å². The van der Waals surface area contributed by atoms with Crippen LogP contribution in [0.15, 0.2) is 0 Å². The number of carbonyl (C=O) groups excluding carboxylic acids is 3. The Morgan fingerprint density at radius 3 is 1.00 bits per heavy atom. The topological polar surface area (TPSA) is 78.9 Å². The first kappa shape index (κ1) is 47.4. The van der Waals surface area contributed by atoms with Gasteiger partial charge in [0.25, 0.3) is 0 Å². The van der Waals surface area contributed by atoms with Gasteiger partial charge in [-0.05, 0) is 31.1 Å². The zero-order valence-corrected chi connectivity index (χ0v) is 33.3. The van der Waals surface area contributed by atoms with E-state index in [4.69, 9.17) is 14.2 Å². The van der Waals surface area contributed by atoms with E-state index in [0.29, 0.717) is 19.3 Å². The Labute approximate surface area is 304 Å². The van der Waals surface area contributed by atoms with Crippen LogP contribution in [0.3, 0.4) is 0 Å². The van der Waals surface area contributed by atoms with Gasteiger partial charge in [0.15, 0.2) is 6.10 Å². The van der Waals surface area contributed by atoms with Gasteiger partial charge >= 0.3 is 17.9 Å². The summed E-state index contributed by atoms with van der Waals surface area (Å²) in [5.41, 5.74) is 0. The fourth-order valence-corrected chi connectivity index (χ4v) is 6.22. The fraction of sp³-hybridized carbons (Fsp3) is 0.930. The van der Waals surface area contributed by atoms with Crippen LogP contribution in [-0.2, 0) is 28.6 Å². The predicted molar refractivity (Wildman–Crippen MR) is 206 cm³/mol. The van der Waals surface area contributed by atoms with Gasteiger partial charge in [0, 0.05) is 19.3 Å². The van der Waals surface area contributed by atoms with Crippen molar-refractivity contribution >= 4 is 17.9 Å². The first-order valence-electron chi connectivity index (χ1n) is 21.2. The van der Waals surface area contributed by atoms with Crippen molar-refractivity contribution in [2.24, 2.45) is 11.8 Å². The van der Waals surface area contributed by atoms with Crippen LogP contribution in [0.5, 0.6) is 0 Å². The smallest absolute Gasteiger partial charge is 0.306 e. The van der Waals surface area contributed by atoms with Crippen molar-refractivity contribution in [1.82, 2.24) is 0 Å².